The summed E-state index contributed by atoms with van der Waals surface area (Å²) in [5, 5.41) is 0. The third-order valence-electron chi connectivity index (χ3n) is 6.32. The second-order valence-corrected chi connectivity index (χ2v) is 9.65. The standard InChI is InChI=1S/C30H46O6/c1-5-6-7-8-9-10-11-12-13-14-15-16-17-18-19-20-21-22-26-28(34)29(35-24(3)31)23(2)27(33)30(26)36-25(4)32/h8-9H,5-7,10-22H2,1-4H3/b9-8+. The molecule has 0 atom stereocenters. The zero-order chi connectivity index (χ0) is 26.8. The summed E-state index contributed by atoms with van der Waals surface area (Å²) in [6.45, 7) is 5.99. The summed E-state index contributed by atoms with van der Waals surface area (Å²) < 4.78 is 10.1. The second-order valence-electron chi connectivity index (χ2n) is 9.65. The molecule has 0 heterocycles. The molecule has 0 aromatic carbocycles. The number of rotatable bonds is 19. The van der Waals surface area contributed by atoms with E-state index in [9.17, 15) is 19.2 Å². The Bertz CT molecular complexity index is 830. The van der Waals surface area contributed by atoms with Crippen LogP contribution in [0.3, 0.4) is 0 Å². The number of ether oxygens (including phenoxy) is 2. The van der Waals surface area contributed by atoms with Gasteiger partial charge in [-0.05, 0) is 39.0 Å². The highest BCUT2D eigenvalue weighted by atomic mass is 16.5. The Morgan fingerprint density at radius 1 is 0.639 bits per heavy atom. The first kappa shape index (κ1) is 31.5. The second kappa shape index (κ2) is 18.7. The number of carbonyl (C=O) groups is 4. The predicted molar refractivity (Wildman–Crippen MR) is 142 cm³/mol. The smallest absolute Gasteiger partial charge is 0.308 e. The van der Waals surface area contributed by atoms with E-state index in [2.05, 4.69) is 19.1 Å². The Morgan fingerprint density at radius 2 is 1.08 bits per heavy atom. The zero-order valence-corrected chi connectivity index (χ0v) is 22.9. The van der Waals surface area contributed by atoms with Gasteiger partial charge in [0, 0.05) is 19.4 Å². The van der Waals surface area contributed by atoms with Crippen LogP contribution in [-0.2, 0) is 28.7 Å². The number of hydrogen-bond acceptors (Lipinski definition) is 6. The van der Waals surface area contributed by atoms with Crippen LogP contribution in [0.4, 0.5) is 0 Å². The Hall–Kier alpha value is -2.50. The van der Waals surface area contributed by atoms with Crippen LogP contribution >= 0.6 is 0 Å². The van der Waals surface area contributed by atoms with Crippen molar-refractivity contribution in [1.29, 1.82) is 0 Å². The monoisotopic (exact) mass is 502 g/mol. The molecule has 1 rings (SSSR count). The van der Waals surface area contributed by atoms with Crippen LogP contribution < -0.4 is 0 Å². The van der Waals surface area contributed by atoms with Gasteiger partial charge in [-0.3, -0.25) is 19.2 Å². The van der Waals surface area contributed by atoms with Gasteiger partial charge in [0.25, 0.3) is 0 Å². The van der Waals surface area contributed by atoms with E-state index in [0.29, 0.717) is 12.8 Å². The summed E-state index contributed by atoms with van der Waals surface area (Å²) in [6.07, 6.45) is 22.7. The van der Waals surface area contributed by atoms with Gasteiger partial charge in [-0.15, -0.1) is 0 Å². The minimum Gasteiger partial charge on any atom is -0.422 e. The maximum absolute atomic E-state index is 12.9. The summed E-state index contributed by atoms with van der Waals surface area (Å²) in [7, 11) is 0. The average molecular weight is 503 g/mol. The first-order valence-corrected chi connectivity index (χ1v) is 13.8. The summed E-state index contributed by atoms with van der Waals surface area (Å²) in [6, 6.07) is 0. The minimum atomic E-state index is -0.671. The minimum absolute atomic E-state index is 0.0190. The maximum Gasteiger partial charge on any atom is 0.308 e. The van der Waals surface area contributed by atoms with Gasteiger partial charge < -0.3 is 9.47 Å². The van der Waals surface area contributed by atoms with Crippen LogP contribution in [0.15, 0.2) is 34.8 Å². The van der Waals surface area contributed by atoms with E-state index in [1.165, 1.54) is 91.4 Å². The third-order valence-corrected chi connectivity index (χ3v) is 6.32. The van der Waals surface area contributed by atoms with Gasteiger partial charge in [0.2, 0.25) is 11.6 Å². The average Bonchev–Trinajstić information content (AvgIpc) is 2.83. The van der Waals surface area contributed by atoms with E-state index in [1.807, 2.05) is 0 Å². The molecule has 0 amide bonds. The first-order valence-electron chi connectivity index (χ1n) is 13.8. The molecular formula is C30H46O6. The van der Waals surface area contributed by atoms with E-state index in [0.717, 1.165) is 19.3 Å². The molecule has 202 valence electrons. The molecular weight excluding hydrogens is 456 g/mol. The molecule has 0 saturated heterocycles. The molecule has 0 aromatic rings. The third kappa shape index (κ3) is 12.5. The van der Waals surface area contributed by atoms with Gasteiger partial charge in [-0.25, -0.2) is 0 Å². The number of unbranched alkanes of at least 4 members (excludes halogenated alkanes) is 13. The van der Waals surface area contributed by atoms with Gasteiger partial charge in [-0.2, -0.15) is 0 Å². The van der Waals surface area contributed by atoms with Gasteiger partial charge in [0.05, 0.1) is 5.57 Å². The van der Waals surface area contributed by atoms with Crippen molar-refractivity contribution in [3.8, 4) is 0 Å². The van der Waals surface area contributed by atoms with Crippen molar-refractivity contribution in [2.75, 3.05) is 0 Å². The predicted octanol–water partition coefficient (Wildman–Crippen LogP) is 7.61. The molecule has 0 aliphatic heterocycles. The van der Waals surface area contributed by atoms with E-state index in [4.69, 9.17) is 9.47 Å². The molecule has 0 bridgehead atoms. The van der Waals surface area contributed by atoms with Crippen molar-refractivity contribution in [2.45, 2.75) is 130 Å². The molecule has 1 aliphatic carbocycles. The van der Waals surface area contributed by atoms with Crippen LogP contribution in [0.5, 0.6) is 0 Å². The van der Waals surface area contributed by atoms with E-state index >= 15 is 0 Å². The van der Waals surface area contributed by atoms with Gasteiger partial charge >= 0.3 is 11.9 Å². The summed E-state index contributed by atoms with van der Waals surface area (Å²) in [5.41, 5.74) is 0.1000. The van der Waals surface area contributed by atoms with Crippen LogP contribution in [0, 0.1) is 0 Å². The molecule has 1 aliphatic rings. The highest BCUT2D eigenvalue weighted by molar-refractivity contribution is 6.24. The quantitative estimate of drug-likeness (QED) is 0.0782. The van der Waals surface area contributed by atoms with Crippen LogP contribution in [0.2, 0.25) is 0 Å². The fourth-order valence-electron chi connectivity index (χ4n) is 4.28. The lowest BCUT2D eigenvalue weighted by Crippen LogP contribution is -2.27. The molecule has 0 N–H and O–H groups in total. The van der Waals surface area contributed by atoms with Crippen LogP contribution in [0.25, 0.3) is 0 Å². The highest BCUT2D eigenvalue weighted by Crippen LogP contribution is 2.30. The van der Waals surface area contributed by atoms with Gasteiger partial charge in [0.15, 0.2) is 11.5 Å². The van der Waals surface area contributed by atoms with E-state index in [-0.39, 0.29) is 22.7 Å². The van der Waals surface area contributed by atoms with Crippen LogP contribution in [-0.4, -0.2) is 23.5 Å². The van der Waals surface area contributed by atoms with Crippen LogP contribution in [0.1, 0.15) is 130 Å². The molecule has 0 aromatic heterocycles. The number of allylic oxidation sites excluding steroid dienone is 4. The molecule has 0 fully saturated rings. The first-order chi connectivity index (χ1) is 17.3. The SMILES string of the molecule is CCCC/C=C/CCCCCCCCCCCCCC1=C(OC(C)=O)C(=O)C(C)=C(OC(C)=O)C1=O. The lowest BCUT2D eigenvalue weighted by atomic mass is 9.90. The topological polar surface area (TPSA) is 86.7 Å². The highest BCUT2D eigenvalue weighted by Gasteiger charge is 2.36. The summed E-state index contributed by atoms with van der Waals surface area (Å²) >= 11 is 0. The molecule has 0 saturated carbocycles. The normalized spacial score (nSPS) is 14.2. The lowest BCUT2D eigenvalue weighted by Gasteiger charge is -2.20. The zero-order valence-electron chi connectivity index (χ0n) is 22.9. The summed E-state index contributed by atoms with van der Waals surface area (Å²) in [5.74, 6) is -2.96. The van der Waals surface area contributed by atoms with Gasteiger partial charge in [0.1, 0.15) is 0 Å². The van der Waals surface area contributed by atoms with E-state index < -0.39 is 23.5 Å². The number of ketones is 2. The number of carbonyl (C=O) groups excluding carboxylic acids is 4. The number of esters is 2. The number of Topliss-reactive ketones (excluding diaryl/α,β-unsaturated/α-hetero) is 2. The molecule has 0 radical (unpaired) electrons. The lowest BCUT2D eigenvalue weighted by molar-refractivity contribution is -0.142. The van der Waals surface area contributed by atoms with Gasteiger partial charge in [-0.1, -0.05) is 89.7 Å². The Kier molecular flexibility index (Phi) is 16.4. The van der Waals surface area contributed by atoms with Crippen molar-refractivity contribution in [3.63, 3.8) is 0 Å². The molecule has 6 nitrogen and oxygen atoms in total. The van der Waals surface area contributed by atoms with Crippen molar-refractivity contribution in [1.82, 2.24) is 0 Å². The fraction of sp³-hybridized carbons (Fsp3) is 0.667. The Morgan fingerprint density at radius 3 is 1.58 bits per heavy atom. The summed E-state index contributed by atoms with van der Waals surface area (Å²) in [4.78, 5) is 48.4. The molecule has 6 heteroatoms. The van der Waals surface area contributed by atoms with Crippen molar-refractivity contribution in [2.24, 2.45) is 0 Å². The largest absolute Gasteiger partial charge is 0.422 e. The molecule has 36 heavy (non-hydrogen) atoms. The van der Waals surface area contributed by atoms with E-state index in [1.54, 1.807) is 0 Å². The van der Waals surface area contributed by atoms with Crippen molar-refractivity contribution < 1.29 is 28.7 Å². The Balaban J connectivity index is 2.27. The van der Waals surface area contributed by atoms with Crippen molar-refractivity contribution >= 4 is 23.5 Å². The van der Waals surface area contributed by atoms with Crippen molar-refractivity contribution in [3.05, 3.63) is 34.8 Å². The Labute approximate surface area is 217 Å². The fourth-order valence-corrected chi connectivity index (χ4v) is 4.28. The molecule has 0 unspecified atom stereocenters. The molecule has 0 spiro atoms. The maximum atomic E-state index is 12.9. The number of hydrogen-bond donors (Lipinski definition) is 0.